The molecule has 11 nitrogen and oxygen atoms in total. The monoisotopic (exact) mass is 413 g/mol. The second kappa shape index (κ2) is 7.44. The van der Waals surface area contributed by atoms with Gasteiger partial charge in [-0.1, -0.05) is 5.16 Å². The van der Waals surface area contributed by atoms with Crippen LogP contribution in [-0.2, 0) is 19.2 Å². The van der Waals surface area contributed by atoms with Crippen molar-refractivity contribution in [2.45, 2.75) is 11.4 Å². The van der Waals surface area contributed by atoms with Crippen LogP contribution in [0.5, 0.6) is 0 Å². The number of fused-ring (bicyclic) bond motifs is 1. The molecule has 1 fully saturated rings. The molecule has 0 aromatic carbocycles. The van der Waals surface area contributed by atoms with E-state index in [1.807, 2.05) is 0 Å². The van der Waals surface area contributed by atoms with E-state index in [2.05, 4.69) is 10.5 Å². The second-order valence-electron chi connectivity index (χ2n) is 5.30. The number of β-lactam (4-membered cyclic amide) rings is 1. The van der Waals surface area contributed by atoms with Crippen LogP contribution in [0.4, 0.5) is 0 Å². The number of rotatable bonds is 6. The first-order chi connectivity index (χ1) is 12.9. The minimum atomic E-state index is -1.19. The number of amides is 2. The number of aromatic nitrogens is 1. The molecule has 144 valence electrons. The number of hydrogen-bond acceptors (Lipinski definition) is 9. The number of carbonyl (C=O) groups is 3. The van der Waals surface area contributed by atoms with E-state index in [0.29, 0.717) is 5.75 Å². The van der Waals surface area contributed by atoms with Gasteiger partial charge in [0, 0.05) is 11.1 Å². The lowest BCUT2D eigenvalue weighted by molar-refractivity contribution is -0.150. The Balaban J connectivity index is 1.81. The Labute approximate surface area is 160 Å². The Bertz CT molecular complexity index is 919. The summed E-state index contributed by atoms with van der Waals surface area (Å²) in [5.74, 6) is -2.00. The highest BCUT2D eigenvalue weighted by molar-refractivity contribution is 8.00. The molecule has 0 aliphatic carbocycles. The average Bonchev–Trinajstić information content (AvgIpc) is 3.03. The zero-order valence-corrected chi connectivity index (χ0v) is 15.8. The third-order valence-corrected chi connectivity index (χ3v) is 5.77. The lowest BCUT2D eigenvalue weighted by Crippen LogP contribution is -2.70. The summed E-state index contributed by atoms with van der Waals surface area (Å²) in [5, 5.41) is 24.2. The number of thioether (sulfide) groups is 1. The number of aliphatic carboxylic acids is 1. The number of nitrogens with one attached hydrogen (secondary N) is 2. The molecule has 0 spiro atoms. The molecule has 2 aliphatic heterocycles. The van der Waals surface area contributed by atoms with Crippen LogP contribution < -0.4 is 15.0 Å². The van der Waals surface area contributed by atoms with Crippen LogP contribution in [0.1, 0.15) is 5.69 Å². The van der Waals surface area contributed by atoms with Gasteiger partial charge in [-0.15, -0.1) is 23.1 Å². The van der Waals surface area contributed by atoms with Gasteiger partial charge in [0.1, 0.15) is 37.0 Å². The summed E-state index contributed by atoms with van der Waals surface area (Å²) in [6.45, 7) is 0. The summed E-state index contributed by atoms with van der Waals surface area (Å²) in [6.07, 6.45) is 1.46. The molecule has 27 heavy (non-hydrogen) atoms. The van der Waals surface area contributed by atoms with Crippen LogP contribution in [0, 0.1) is 5.41 Å². The first-order valence-corrected chi connectivity index (χ1v) is 9.43. The van der Waals surface area contributed by atoms with E-state index in [1.54, 1.807) is 0 Å². The zero-order valence-electron chi connectivity index (χ0n) is 14.2. The SMILES string of the molecule is CON=C(C(=O)N[C@@H]1C(=O)N2C(C(=O)O)=CCS[C@@H]12)c1csc(=N)n1OC. The molecular weight excluding hydrogens is 398 g/mol. The minimum Gasteiger partial charge on any atom is -0.477 e. The van der Waals surface area contributed by atoms with Gasteiger partial charge in [-0.05, 0) is 6.08 Å². The number of carboxylic acid groups (broad SMARTS) is 1. The van der Waals surface area contributed by atoms with E-state index in [-0.39, 0.29) is 21.9 Å². The lowest BCUT2D eigenvalue weighted by Gasteiger charge is -2.48. The van der Waals surface area contributed by atoms with E-state index in [9.17, 15) is 19.5 Å². The number of oxime groups is 1. The first-order valence-electron chi connectivity index (χ1n) is 7.50. The first kappa shape index (κ1) is 19.0. The molecule has 2 aliphatic rings. The Morgan fingerprint density at radius 3 is 2.81 bits per heavy atom. The van der Waals surface area contributed by atoms with Gasteiger partial charge in [0.15, 0.2) is 5.71 Å². The molecule has 0 bridgehead atoms. The third-order valence-electron chi connectivity index (χ3n) is 3.86. The average molecular weight is 413 g/mol. The minimum absolute atomic E-state index is 0.0362. The fourth-order valence-corrected chi connectivity index (χ4v) is 4.59. The number of hydrogen-bond donors (Lipinski definition) is 3. The van der Waals surface area contributed by atoms with Crippen molar-refractivity contribution in [3.8, 4) is 0 Å². The topological polar surface area (TPSA) is 146 Å². The number of carboxylic acids is 1. The van der Waals surface area contributed by atoms with Crippen molar-refractivity contribution < 1.29 is 29.2 Å². The molecule has 0 saturated carbocycles. The second-order valence-corrected chi connectivity index (χ2v) is 7.31. The summed E-state index contributed by atoms with van der Waals surface area (Å²) >= 11 is 2.37. The van der Waals surface area contributed by atoms with Gasteiger partial charge in [-0.25, -0.2) is 4.79 Å². The van der Waals surface area contributed by atoms with E-state index in [4.69, 9.17) is 15.1 Å². The Hall–Kier alpha value is -2.80. The van der Waals surface area contributed by atoms with Gasteiger partial charge in [0.2, 0.25) is 4.80 Å². The predicted molar refractivity (Wildman–Crippen MR) is 95.0 cm³/mol. The molecule has 3 heterocycles. The van der Waals surface area contributed by atoms with Crippen molar-refractivity contribution in [3.05, 3.63) is 27.6 Å². The normalized spacial score (nSPS) is 21.7. The zero-order chi connectivity index (χ0) is 19.7. The van der Waals surface area contributed by atoms with Crippen molar-refractivity contribution in [1.82, 2.24) is 14.9 Å². The summed E-state index contributed by atoms with van der Waals surface area (Å²) in [4.78, 5) is 47.2. The quantitative estimate of drug-likeness (QED) is 0.302. The van der Waals surface area contributed by atoms with Crippen LogP contribution in [0.25, 0.3) is 0 Å². The summed E-state index contributed by atoms with van der Waals surface area (Å²) in [5.41, 5.74) is -0.0676. The van der Waals surface area contributed by atoms with E-state index < -0.39 is 29.2 Å². The van der Waals surface area contributed by atoms with Crippen molar-refractivity contribution in [3.63, 3.8) is 0 Å². The van der Waals surface area contributed by atoms with Gasteiger partial charge in [0.05, 0.1) is 0 Å². The van der Waals surface area contributed by atoms with Gasteiger partial charge >= 0.3 is 5.97 Å². The van der Waals surface area contributed by atoms with Crippen molar-refractivity contribution in [1.29, 1.82) is 5.41 Å². The van der Waals surface area contributed by atoms with Gasteiger partial charge < -0.3 is 20.1 Å². The summed E-state index contributed by atoms with van der Waals surface area (Å²) < 4.78 is 1.09. The molecule has 3 rings (SSSR count). The molecule has 1 aromatic rings. The molecular formula is C14H15N5O6S2. The molecule has 2 atom stereocenters. The Kier molecular flexibility index (Phi) is 5.23. The van der Waals surface area contributed by atoms with Crippen molar-refractivity contribution in [2.24, 2.45) is 5.16 Å². The number of nitrogens with zero attached hydrogens (tertiary/aromatic N) is 3. The summed E-state index contributed by atoms with van der Waals surface area (Å²) in [7, 11) is 2.60. The van der Waals surface area contributed by atoms with E-state index in [1.165, 1.54) is 37.4 Å². The smallest absolute Gasteiger partial charge is 0.352 e. The standard InChI is InChI=1S/C14H15N5O6S2/c1-24-17-8(7-5-27-14(15)19(7)25-2)10(20)16-9-11(21)18-6(13(22)23)3-4-26-12(9)18/h3,5,9,12,15H,4H2,1-2H3,(H,16,20)(H,22,23)/t9-,12+/m1/s1. The summed E-state index contributed by atoms with van der Waals surface area (Å²) in [6, 6.07) is -0.891. The number of thiazole rings is 1. The molecule has 1 saturated heterocycles. The molecule has 3 N–H and O–H groups in total. The van der Waals surface area contributed by atoms with Crippen molar-refractivity contribution >= 4 is 46.6 Å². The molecule has 1 aromatic heterocycles. The lowest BCUT2D eigenvalue weighted by atomic mass is 10.0. The van der Waals surface area contributed by atoms with Crippen LogP contribution >= 0.6 is 23.1 Å². The molecule has 0 radical (unpaired) electrons. The number of carbonyl (C=O) groups excluding carboxylic acids is 2. The van der Waals surface area contributed by atoms with E-state index in [0.717, 1.165) is 21.0 Å². The third kappa shape index (κ3) is 3.19. The fraction of sp³-hybridized carbons (Fsp3) is 0.357. The van der Waals surface area contributed by atoms with Gasteiger partial charge in [-0.2, -0.15) is 4.73 Å². The highest BCUT2D eigenvalue weighted by Gasteiger charge is 2.53. The van der Waals surface area contributed by atoms with Crippen LogP contribution in [-0.4, -0.2) is 69.6 Å². The van der Waals surface area contributed by atoms with E-state index >= 15 is 0 Å². The largest absolute Gasteiger partial charge is 0.477 e. The Morgan fingerprint density at radius 2 is 2.19 bits per heavy atom. The highest BCUT2D eigenvalue weighted by Crippen LogP contribution is 2.37. The Morgan fingerprint density at radius 1 is 1.44 bits per heavy atom. The van der Waals surface area contributed by atoms with Crippen LogP contribution in [0.15, 0.2) is 22.3 Å². The van der Waals surface area contributed by atoms with Crippen LogP contribution in [0.2, 0.25) is 0 Å². The fourth-order valence-electron chi connectivity index (χ4n) is 2.69. The van der Waals surface area contributed by atoms with Gasteiger partial charge in [-0.3, -0.25) is 19.9 Å². The molecule has 2 amide bonds. The van der Waals surface area contributed by atoms with Crippen molar-refractivity contribution in [2.75, 3.05) is 20.0 Å². The maximum Gasteiger partial charge on any atom is 0.352 e. The molecule has 13 heteroatoms. The predicted octanol–water partition coefficient (Wildman–Crippen LogP) is -1.19. The highest BCUT2D eigenvalue weighted by atomic mass is 32.2. The molecule has 0 unspecified atom stereocenters. The van der Waals surface area contributed by atoms with Gasteiger partial charge in [0.25, 0.3) is 11.8 Å². The van der Waals surface area contributed by atoms with Crippen LogP contribution in [0.3, 0.4) is 0 Å². The maximum atomic E-state index is 12.7. The maximum absolute atomic E-state index is 12.7.